The minimum absolute atomic E-state index is 0.439. The summed E-state index contributed by atoms with van der Waals surface area (Å²) in [6.07, 6.45) is -1.11. The fourth-order valence-corrected chi connectivity index (χ4v) is 0.730. The van der Waals surface area contributed by atoms with Crippen LogP contribution in [0.1, 0.15) is 0 Å². The van der Waals surface area contributed by atoms with Gasteiger partial charge >= 0.3 is 11.2 Å². The van der Waals surface area contributed by atoms with E-state index in [0.717, 1.165) is 0 Å². The van der Waals surface area contributed by atoms with E-state index in [4.69, 9.17) is 0 Å². The number of nitrogens with one attached hydrogen (secondary N) is 1. The second kappa shape index (κ2) is 4.05. The Morgan fingerprint density at radius 3 is 2.54 bits per heavy atom. The summed E-state index contributed by atoms with van der Waals surface area (Å²) in [5.74, 6) is 0. The molecule has 1 N–H and O–H groups in total. The Balaban J connectivity index is 2.50. The highest BCUT2D eigenvalue weighted by Crippen LogP contribution is 2.04. The zero-order valence-electron chi connectivity index (χ0n) is 6.47. The van der Waals surface area contributed by atoms with Crippen LogP contribution in [0.25, 0.3) is 0 Å². The summed E-state index contributed by atoms with van der Waals surface area (Å²) in [6, 6.07) is 8.29. The Kier molecular flexibility index (Phi) is 2.80. The van der Waals surface area contributed by atoms with E-state index in [1.54, 1.807) is 30.3 Å². The van der Waals surface area contributed by atoms with Gasteiger partial charge in [-0.2, -0.15) is 0 Å². The van der Waals surface area contributed by atoms with E-state index >= 15 is 0 Å². The summed E-state index contributed by atoms with van der Waals surface area (Å²) in [6.45, 7) is 0. The van der Waals surface area contributed by atoms with Gasteiger partial charge in [0.05, 0.1) is 0 Å². The zero-order chi connectivity index (χ0) is 9.68. The van der Waals surface area contributed by atoms with Crippen molar-refractivity contribution in [3.05, 3.63) is 40.4 Å². The van der Waals surface area contributed by atoms with Gasteiger partial charge in [0.15, 0.2) is 0 Å². The van der Waals surface area contributed by atoms with Crippen LogP contribution in [0.5, 0.6) is 0 Å². The molecule has 0 spiro atoms. The quantitative estimate of drug-likeness (QED) is 0.554. The molecule has 0 radical (unpaired) electrons. The third kappa shape index (κ3) is 3.19. The van der Waals surface area contributed by atoms with Gasteiger partial charge in [0, 0.05) is 5.69 Å². The highest BCUT2D eigenvalue weighted by atomic mass is 17.0. The van der Waals surface area contributed by atoms with Crippen molar-refractivity contribution in [3.63, 3.8) is 0 Å². The van der Waals surface area contributed by atoms with Crippen LogP contribution in [0.4, 0.5) is 10.5 Å². The van der Waals surface area contributed by atoms with Crippen molar-refractivity contribution in [2.24, 2.45) is 0 Å². The minimum atomic E-state index is -1.17. The maximum atomic E-state index is 10.6. The molecule has 1 aromatic carbocycles. The number of rotatable bonds is 2. The number of carbonyl (C=O) groups excluding carboxylic acids is 1. The fourth-order valence-electron chi connectivity index (χ4n) is 0.730. The van der Waals surface area contributed by atoms with Crippen molar-refractivity contribution in [3.8, 4) is 0 Å². The summed E-state index contributed by atoms with van der Waals surface area (Å²) in [7, 11) is 0. The molecule has 1 amide bonds. The Morgan fingerprint density at radius 2 is 2.00 bits per heavy atom. The molecule has 1 rings (SSSR count). The van der Waals surface area contributed by atoms with E-state index in [1.807, 2.05) is 0 Å². The first-order chi connectivity index (χ1) is 6.18. The van der Waals surface area contributed by atoms with Gasteiger partial charge in [-0.3, -0.25) is 0 Å². The lowest BCUT2D eigenvalue weighted by atomic mass is 10.3. The lowest BCUT2D eigenvalue weighted by Crippen LogP contribution is -2.17. The topological polar surface area (TPSA) is 81.5 Å². The largest absolute Gasteiger partial charge is 0.400 e. The molecular formula is C7H6N2O4. The van der Waals surface area contributed by atoms with Crippen molar-refractivity contribution in [1.29, 1.82) is 0 Å². The van der Waals surface area contributed by atoms with Crippen molar-refractivity contribution in [1.82, 2.24) is 0 Å². The minimum Gasteiger partial charge on any atom is -0.303 e. The van der Waals surface area contributed by atoms with Gasteiger partial charge in [-0.25, -0.2) is 9.63 Å². The third-order valence-electron chi connectivity index (χ3n) is 1.18. The van der Waals surface area contributed by atoms with Gasteiger partial charge in [0.25, 0.3) is 0 Å². The fraction of sp³-hybridized carbons (Fsp3) is 0. The van der Waals surface area contributed by atoms with Crippen LogP contribution in [0, 0.1) is 10.1 Å². The summed E-state index contributed by atoms with van der Waals surface area (Å²) in [4.78, 5) is 24.0. The van der Waals surface area contributed by atoms with Crippen LogP contribution < -0.4 is 5.32 Å². The maximum Gasteiger partial charge on any atom is 0.400 e. The second-order valence-corrected chi connectivity index (χ2v) is 2.09. The first kappa shape index (κ1) is 8.98. The molecule has 0 aromatic heterocycles. The average Bonchev–Trinajstić information content (AvgIpc) is 2.04. The summed E-state index contributed by atoms with van der Waals surface area (Å²) < 4.78 is 0. The van der Waals surface area contributed by atoms with Gasteiger partial charge in [-0.15, -0.1) is 10.1 Å². The number of para-hydroxylation sites is 1. The van der Waals surface area contributed by atoms with E-state index in [9.17, 15) is 14.9 Å². The predicted molar refractivity (Wildman–Crippen MR) is 43.5 cm³/mol. The average molecular weight is 182 g/mol. The van der Waals surface area contributed by atoms with Crippen molar-refractivity contribution in [2.75, 3.05) is 5.32 Å². The Labute approximate surface area is 73.2 Å². The molecule has 0 heterocycles. The van der Waals surface area contributed by atoms with Crippen LogP contribution in [0.3, 0.4) is 0 Å². The van der Waals surface area contributed by atoms with Crippen LogP contribution in [0.15, 0.2) is 30.3 Å². The predicted octanol–water partition coefficient (Wildman–Crippen LogP) is 1.43. The van der Waals surface area contributed by atoms with Crippen LogP contribution in [-0.4, -0.2) is 11.2 Å². The Hall–Kier alpha value is -2.11. The van der Waals surface area contributed by atoms with Gasteiger partial charge in [0.1, 0.15) is 0 Å². The van der Waals surface area contributed by atoms with Crippen molar-refractivity contribution < 1.29 is 14.7 Å². The van der Waals surface area contributed by atoms with Gasteiger partial charge in [-0.05, 0) is 12.1 Å². The first-order valence-electron chi connectivity index (χ1n) is 3.37. The van der Waals surface area contributed by atoms with Crippen LogP contribution in [0.2, 0.25) is 0 Å². The molecule has 0 aliphatic carbocycles. The number of nitrogens with zero attached hydrogens (tertiary/aromatic N) is 1. The smallest absolute Gasteiger partial charge is 0.303 e. The van der Waals surface area contributed by atoms with E-state index in [2.05, 4.69) is 10.2 Å². The molecule has 6 heteroatoms. The normalized spacial score (nSPS) is 8.92. The molecule has 0 saturated carbocycles. The highest BCUT2D eigenvalue weighted by molar-refractivity contribution is 5.83. The van der Waals surface area contributed by atoms with E-state index in [1.165, 1.54) is 0 Å². The number of hydrogen-bond donors (Lipinski definition) is 1. The molecule has 0 atom stereocenters. The second-order valence-electron chi connectivity index (χ2n) is 2.09. The van der Waals surface area contributed by atoms with E-state index in [-0.39, 0.29) is 0 Å². The molecule has 0 aliphatic heterocycles. The summed E-state index contributed by atoms with van der Waals surface area (Å²) in [5.41, 5.74) is 0.439. The summed E-state index contributed by atoms with van der Waals surface area (Å²) >= 11 is 0. The highest BCUT2D eigenvalue weighted by Gasteiger charge is 2.05. The molecule has 0 saturated heterocycles. The van der Waals surface area contributed by atoms with Gasteiger partial charge in [0.2, 0.25) is 0 Å². The van der Waals surface area contributed by atoms with Crippen molar-refractivity contribution in [2.45, 2.75) is 0 Å². The molecule has 13 heavy (non-hydrogen) atoms. The molecule has 0 unspecified atom stereocenters. The standard InChI is InChI=1S/C7H6N2O4/c10-7(13-9(11)12)8-6-4-2-1-3-5-6/h1-5H,(H,8,10). The molecule has 6 nitrogen and oxygen atoms in total. The number of anilines is 1. The van der Waals surface area contributed by atoms with Crippen LogP contribution >= 0.6 is 0 Å². The summed E-state index contributed by atoms with van der Waals surface area (Å²) in [5, 5.41) is 10.7. The Bertz CT molecular complexity index is 312. The number of benzene rings is 1. The lowest BCUT2D eigenvalue weighted by molar-refractivity contribution is -0.726. The molecule has 0 bridgehead atoms. The number of carbonyl (C=O) groups is 1. The van der Waals surface area contributed by atoms with Gasteiger partial charge < -0.3 is 5.32 Å². The van der Waals surface area contributed by atoms with E-state index < -0.39 is 11.2 Å². The first-order valence-corrected chi connectivity index (χ1v) is 3.37. The molecule has 0 aliphatic rings. The lowest BCUT2D eigenvalue weighted by Gasteiger charge is -2.00. The third-order valence-corrected chi connectivity index (χ3v) is 1.18. The monoisotopic (exact) mass is 182 g/mol. The maximum absolute atomic E-state index is 10.6. The Morgan fingerprint density at radius 1 is 1.38 bits per heavy atom. The van der Waals surface area contributed by atoms with Crippen molar-refractivity contribution >= 4 is 11.8 Å². The number of amides is 1. The zero-order valence-corrected chi connectivity index (χ0v) is 6.47. The molecule has 0 fully saturated rings. The van der Waals surface area contributed by atoms with Crippen LogP contribution in [-0.2, 0) is 4.84 Å². The number of hydrogen-bond acceptors (Lipinski definition) is 4. The van der Waals surface area contributed by atoms with E-state index in [0.29, 0.717) is 5.69 Å². The molecule has 1 aromatic rings. The SMILES string of the molecule is O=C(Nc1ccccc1)O[N+](=O)[O-]. The molecular weight excluding hydrogens is 176 g/mol. The van der Waals surface area contributed by atoms with Gasteiger partial charge in [-0.1, -0.05) is 18.2 Å². The molecule has 68 valence electrons.